The minimum absolute atomic E-state index is 0.0925. The van der Waals surface area contributed by atoms with E-state index in [1.165, 1.54) is 0 Å². The molecule has 2 fully saturated rings. The maximum Gasteiger partial charge on any atom is 0.303 e. The van der Waals surface area contributed by atoms with Crippen molar-refractivity contribution in [1.82, 2.24) is 0 Å². The van der Waals surface area contributed by atoms with Crippen LogP contribution in [0.5, 0.6) is 0 Å². The van der Waals surface area contributed by atoms with Gasteiger partial charge in [0.2, 0.25) is 0 Å². The molecule has 4 heteroatoms. The molecule has 0 heterocycles. The Morgan fingerprint density at radius 3 is 2.80 bits per heavy atom. The molecule has 0 aliphatic heterocycles. The number of fused-ring (bicyclic) bond motifs is 2. The first kappa shape index (κ1) is 10.5. The maximum absolute atomic E-state index is 10.9. The van der Waals surface area contributed by atoms with Crippen LogP contribution in [0.1, 0.15) is 39.5 Å². The summed E-state index contributed by atoms with van der Waals surface area (Å²) in [5, 5.41) is 12.9. The molecule has 0 spiro atoms. The van der Waals surface area contributed by atoms with E-state index in [1.807, 2.05) is 0 Å². The van der Waals surface area contributed by atoms with Gasteiger partial charge in [0.25, 0.3) is 0 Å². The highest BCUT2D eigenvalue weighted by Crippen LogP contribution is 2.65. The number of carbonyl (C=O) groups is 1. The summed E-state index contributed by atoms with van der Waals surface area (Å²) in [5.74, 6) is 5.13. The Morgan fingerprint density at radius 1 is 1.67 bits per heavy atom. The molecule has 0 unspecified atom stereocenters. The summed E-state index contributed by atoms with van der Waals surface area (Å²) in [6.07, 6.45) is 3.25. The normalized spacial score (nSPS) is 46.3. The van der Waals surface area contributed by atoms with Crippen LogP contribution in [0.25, 0.3) is 0 Å². The molecule has 0 aromatic carbocycles. The van der Waals surface area contributed by atoms with Gasteiger partial charge in [-0.1, -0.05) is 13.8 Å². The first-order valence-corrected chi connectivity index (χ1v) is 5.43. The fourth-order valence-corrected chi connectivity index (χ4v) is 3.63. The lowest BCUT2D eigenvalue weighted by molar-refractivity contribution is -0.141. The maximum atomic E-state index is 10.9. The van der Waals surface area contributed by atoms with Gasteiger partial charge in [0.1, 0.15) is 0 Å². The summed E-state index contributed by atoms with van der Waals surface area (Å²) < 4.78 is 0. The lowest BCUT2D eigenvalue weighted by atomic mass is 9.67. The molecule has 2 aliphatic carbocycles. The monoisotopic (exact) mass is 210 g/mol. The zero-order valence-electron chi connectivity index (χ0n) is 9.29. The van der Waals surface area contributed by atoms with Crippen molar-refractivity contribution in [2.45, 2.75) is 39.5 Å². The van der Waals surface area contributed by atoms with Crippen molar-refractivity contribution in [2.24, 2.45) is 27.7 Å². The average Bonchev–Trinajstić information content (AvgIpc) is 2.49. The van der Waals surface area contributed by atoms with Gasteiger partial charge >= 0.3 is 5.97 Å². The second kappa shape index (κ2) is 2.97. The molecule has 0 aromatic rings. The van der Waals surface area contributed by atoms with Gasteiger partial charge in [-0.25, -0.2) is 0 Å². The minimum atomic E-state index is -0.714. The number of nitrogens with two attached hydrogens (primary N) is 1. The van der Waals surface area contributed by atoms with Gasteiger partial charge in [0.05, 0.1) is 6.42 Å². The molecule has 2 rings (SSSR count). The van der Waals surface area contributed by atoms with Crippen LogP contribution < -0.4 is 5.84 Å². The zero-order chi connectivity index (χ0) is 11.3. The molecule has 3 atom stereocenters. The second-order valence-corrected chi connectivity index (χ2v) is 5.34. The van der Waals surface area contributed by atoms with Crippen molar-refractivity contribution in [1.29, 1.82) is 0 Å². The molecule has 2 aliphatic rings. The molecule has 0 aromatic heterocycles. The molecule has 15 heavy (non-hydrogen) atoms. The highest BCUT2D eigenvalue weighted by Gasteiger charge is 2.62. The Labute approximate surface area is 89.5 Å². The van der Waals surface area contributed by atoms with E-state index < -0.39 is 5.97 Å². The number of nitrogens with zero attached hydrogens (tertiary/aromatic N) is 1. The quantitative estimate of drug-likeness (QED) is 0.537. The van der Waals surface area contributed by atoms with Crippen LogP contribution in [0.2, 0.25) is 0 Å². The molecule has 3 N–H and O–H groups in total. The first-order chi connectivity index (χ1) is 6.94. The third-order valence-corrected chi connectivity index (χ3v) is 4.91. The van der Waals surface area contributed by atoms with Crippen molar-refractivity contribution in [2.75, 3.05) is 0 Å². The van der Waals surface area contributed by atoms with Gasteiger partial charge < -0.3 is 10.9 Å². The van der Waals surface area contributed by atoms with Crippen molar-refractivity contribution in [3.8, 4) is 0 Å². The van der Waals surface area contributed by atoms with Gasteiger partial charge in [-0.2, -0.15) is 5.10 Å². The largest absolute Gasteiger partial charge is 0.481 e. The van der Waals surface area contributed by atoms with Crippen LogP contribution in [0, 0.1) is 16.7 Å². The van der Waals surface area contributed by atoms with E-state index >= 15 is 0 Å². The van der Waals surface area contributed by atoms with E-state index in [2.05, 4.69) is 18.9 Å². The van der Waals surface area contributed by atoms with Gasteiger partial charge in [-0.15, -0.1) is 0 Å². The number of hydrogen-bond acceptors (Lipinski definition) is 3. The first-order valence-electron chi connectivity index (χ1n) is 5.43. The van der Waals surface area contributed by atoms with Crippen molar-refractivity contribution in [3.63, 3.8) is 0 Å². The predicted molar refractivity (Wildman–Crippen MR) is 57.4 cm³/mol. The summed E-state index contributed by atoms with van der Waals surface area (Å²) in [4.78, 5) is 10.9. The Morgan fingerprint density at radius 2 is 2.33 bits per heavy atom. The van der Waals surface area contributed by atoms with E-state index in [-0.39, 0.29) is 17.3 Å². The van der Waals surface area contributed by atoms with Crippen LogP contribution in [-0.2, 0) is 4.79 Å². The highest BCUT2D eigenvalue weighted by atomic mass is 16.4. The molecule has 2 saturated carbocycles. The number of hydrazone groups is 1. The smallest absolute Gasteiger partial charge is 0.303 e. The second-order valence-electron chi connectivity index (χ2n) is 5.34. The molecule has 0 amide bonds. The molecule has 4 nitrogen and oxygen atoms in total. The van der Waals surface area contributed by atoms with Crippen molar-refractivity contribution in [3.05, 3.63) is 0 Å². The van der Waals surface area contributed by atoms with E-state index in [9.17, 15) is 4.79 Å². The van der Waals surface area contributed by atoms with Gasteiger partial charge in [0.15, 0.2) is 0 Å². The van der Waals surface area contributed by atoms with E-state index in [1.54, 1.807) is 0 Å². The number of carboxylic acid groups (broad SMARTS) is 1. The highest BCUT2D eigenvalue weighted by molar-refractivity contribution is 5.94. The summed E-state index contributed by atoms with van der Waals surface area (Å²) in [6.45, 7) is 4.20. The molecular formula is C11H18N2O2. The lowest BCUT2D eigenvalue weighted by Gasteiger charge is -2.36. The van der Waals surface area contributed by atoms with Gasteiger partial charge in [0, 0.05) is 11.1 Å². The van der Waals surface area contributed by atoms with Crippen LogP contribution in [0.4, 0.5) is 0 Å². The molecule has 2 bridgehead atoms. The zero-order valence-corrected chi connectivity index (χ0v) is 9.29. The Hall–Kier alpha value is -1.06. The molecule has 84 valence electrons. The molecule has 0 radical (unpaired) electrons. The van der Waals surface area contributed by atoms with Crippen LogP contribution in [-0.4, -0.2) is 16.8 Å². The fourth-order valence-electron chi connectivity index (χ4n) is 3.63. The van der Waals surface area contributed by atoms with E-state index in [0.29, 0.717) is 5.92 Å². The summed E-state index contributed by atoms with van der Waals surface area (Å²) >= 11 is 0. The third kappa shape index (κ3) is 1.13. The Bertz CT molecular complexity index is 339. The van der Waals surface area contributed by atoms with E-state index in [4.69, 9.17) is 10.9 Å². The Kier molecular flexibility index (Phi) is 2.07. The SMILES string of the molecule is C[C@]12CC[C@H](C/C1=N/N)[C@@]2(C)CC(=O)O. The van der Waals surface area contributed by atoms with Crippen LogP contribution >= 0.6 is 0 Å². The predicted octanol–water partition coefficient (Wildman–Crippen LogP) is 1.60. The number of aliphatic carboxylic acids is 1. The number of rotatable bonds is 2. The number of carboxylic acids is 1. The molecule has 0 saturated heterocycles. The molecular weight excluding hydrogens is 192 g/mol. The average molecular weight is 210 g/mol. The Balaban J connectivity index is 2.39. The summed E-state index contributed by atoms with van der Waals surface area (Å²) in [5.41, 5.74) is 0.768. The standard InChI is InChI=1S/C11H18N2O2/c1-10-4-3-7(5-8(10)13-12)11(10,2)6-9(14)15/h7H,3-6,12H2,1-2H3,(H,14,15)/b13-8-/t7-,10+,11-/m1/s1. The summed E-state index contributed by atoms with van der Waals surface area (Å²) in [7, 11) is 0. The fraction of sp³-hybridized carbons (Fsp3) is 0.818. The van der Waals surface area contributed by atoms with Gasteiger partial charge in [-0.05, 0) is 30.6 Å². The van der Waals surface area contributed by atoms with Crippen LogP contribution in [0.3, 0.4) is 0 Å². The third-order valence-electron chi connectivity index (χ3n) is 4.91. The topological polar surface area (TPSA) is 75.7 Å². The lowest BCUT2D eigenvalue weighted by Crippen LogP contribution is -2.37. The van der Waals surface area contributed by atoms with Gasteiger partial charge in [-0.3, -0.25) is 4.79 Å². The van der Waals surface area contributed by atoms with Crippen molar-refractivity contribution < 1.29 is 9.90 Å². The van der Waals surface area contributed by atoms with E-state index in [0.717, 1.165) is 25.0 Å². The number of hydrogen-bond donors (Lipinski definition) is 2. The van der Waals surface area contributed by atoms with Crippen molar-refractivity contribution >= 4 is 11.7 Å². The minimum Gasteiger partial charge on any atom is -0.481 e. The van der Waals surface area contributed by atoms with Crippen LogP contribution in [0.15, 0.2) is 5.10 Å². The summed E-state index contributed by atoms with van der Waals surface area (Å²) in [6, 6.07) is 0.